The number of halogens is 5. The molecular weight excluding hydrogens is 187 g/mol. The molecule has 0 aliphatic rings. The molecule has 0 atom stereocenters. The summed E-state index contributed by atoms with van der Waals surface area (Å²) in [6.07, 6.45) is -10.6. The maximum Gasteiger partial charge on any atom is 0.485 e. The van der Waals surface area contributed by atoms with Crippen molar-refractivity contribution in [2.45, 2.75) is 25.4 Å². The molecule has 0 rings (SSSR count). The molecule has 0 saturated carbocycles. The Labute approximate surface area is 61.9 Å². The summed E-state index contributed by atoms with van der Waals surface area (Å²) in [5, 5.41) is 0. The van der Waals surface area contributed by atoms with Crippen molar-refractivity contribution in [3.8, 4) is 0 Å². The summed E-state index contributed by atoms with van der Waals surface area (Å²) in [5.41, 5.74) is 0. The molecule has 0 aromatic rings. The molecule has 0 amide bonds. The molecular formula is C4H6F5OSi+. The molecule has 0 N–H and O–H groups in total. The molecule has 0 unspecified atom stereocenters. The zero-order chi connectivity index (χ0) is 9.28. The monoisotopic (exact) mass is 193 g/mol. The molecule has 0 saturated heterocycles. The Kier molecular flexibility index (Phi) is 3.01. The lowest BCUT2D eigenvalue weighted by molar-refractivity contribution is -0.363. The number of hydrogen-bond donors (Lipinski definition) is 0. The Morgan fingerprint density at radius 2 is 1.36 bits per heavy atom. The third kappa shape index (κ3) is 3.15. The quantitative estimate of drug-likeness (QED) is 0.483. The third-order valence-electron chi connectivity index (χ3n) is 0.662. The van der Waals surface area contributed by atoms with Crippen molar-refractivity contribution in [2.24, 2.45) is 0 Å². The third-order valence-corrected chi connectivity index (χ3v) is 1.33. The highest BCUT2D eigenvalue weighted by Crippen LogP contribution is 2.36. The van der Waals surface area contributed by atoms with Crippen LogP contribution in [0.2, 0.25) is 13.1 Å². The second-order valence-electron chi connectivity index (χ2n) is 2.02. The van der Waals surface area contributed by atoms with E-state index in [1.165, 1.54) is 13.1 Å². The van der Waals surface area contributed by atoms with Crippen molar-refractivity contribution in [2.75, 3.05) is 0 Å². The molecule has 66 valence electrons. The van der Waals surface area contributed by atoms with Crippen LogP contribution in [0, 0.1) is 0 Å². The van der Waals surface area contributed by atoms with Gasteiger partial charge in [0.1, 0.15) is 0 Å². The smallest absolute Gasteiger partial charge is 0.164 e. The van der Waals surface area contributed by atoms with E-state index in [1.807, 2.05) is 0 Å². The molecule has 0 aliphatic heterocycles. The Hall–Kier alpha value is -0.173. The first-order valence-corrected chi connectivity index (χ1v) is 5.01. The predicted octanol–water partition coefficient (Wildman–Crippen LogP) is 2.41. The van der Waals surface area contributed by atoms with Crippen molar-refractivity contribution in [3.05, 3.63) is 0 Å². The highest BCUT2D eigenvalue weighted by Gasteiger charge is 2.63. The van der Waals surface area contributed by atoms with Gasteiger partial charge >= 0.3 is 21.3 Å². The van der Waals surface area contributed by atoms with E-state index in [9.17, 15) is 22.0 Å². The zero-order valence-electron chi connectivity index (χ0n) is 5.80. The number of hydrogen-bond acceptors (Lipinski definition) is 1. The Morgan fingerprint density at radius 1 is 1.00 bits per heavy atom. The minimum Gasteiger partial charge on any atom is -0.164 e. The fourth-order valence-corrected chi connectivity index (χ4v) is 0.943. The van der Waals surface area contributed by atoms with E-state index in [1.54, 1.807) is 0 Å². The van der Waals surface area contributed by atoms with Gasteiger partial charge in [-0.15, -0.1) is 0 Å². The summed E-state index contributed by atoms with van der Waals surface area (Å²) >= 11 is 0. The first kappa shape index (κ1) is 10.8. The van der Waals surface area contributed by atoms with Crippen LogP contribution in [0.4, 0.5) is 22.0 Å². The van der Waals surface area contributed by atoms with E-state index in [4.69, 9.17) is 0 Å². The van der Waals surface area contributed by atoms with Gasteiger partial charge in [-0.05, 0) is 0 Å². The molecule has 0 aromatic heterocycles. The van der Waals surface area contributed by atoms with Gasteiger partial charge in [-0.1, -0.05) is 0 Å². The zero-order valence-corrected chi connectivity index (χ0v) is 6.80. The molecule has 0 bridgehead atoms. The molecule has 0 aromatic carbocycles. The van der Waals surface area contributed by atoms with Crippen LogP contribution in [0.15, 0.2) is 0 Å². The molecule has 0 aliphatic carbocycles. The van der Waals surface area contributed by atoms with E-state index < -0.39 is 21.3 Å². The molecule has 0 heterocycles. The second kappa shape index (κ2) is 3.06. The van der Waals surface area contributed by atoms with Crippen LogP contribution in [0.25, 0.3) is 0 Å². The molecule has 7 heteroatoms. The fourth-order valence-electron chi connectivity index (χ4n) is 0.314. The van der Waals surface area contributed by atoms with Gasteiger partial charge in [0.05, 0.1) is 13.1 Å². The van der Waals surface area contributed by atoms with Gasteiger partial charge in [0, 0.05) is 0 Å². The molecule has 11 heavy (non-hydrogen) atoms. The van der Waals surface area contributed by atoms with Crippen LogP contribution in [0.5, 0.6) is 0 Å². The second-order valence-corrected chi connectivity index (χ2v) is 4.05. The van der Waals surface area contributed by atoms with Crippen molar-refractivity contribution in [3.63, 3.8) is 0 Å². The summed E-state index contributed by atoms with van der Waals surface area (Å²) in [5.74, 6) is 0. The van der Waals surface area contributed by atoms with Crippen LogP contribution in [-0.4, -0.2) is 21.3 Å². The fraction of sp³-hybridized carbons (Fsp3) is 1.00. The van der Waals surface area contributed by atoms with Gasteiger partial charge in [-0.2, -0.15) is 26.4 Å². The van der Waals surface area contributed by atoms with Crippen LogP contribution >= 0.6 is 0 Å². The van der Waals surface area contributed by atoms with Gasteiger partial charge in [0.2, 0.25) is 0 Å². The average Bonchev–Trinajstić information content (AvgIpc) is 1.56. The largest absolute Gasteiger partial charge is 0.485 e. The SMILES string of the molecule is C[Si+](C)OC(F)(F)C(F)(F)F. The highest BCUT2D eigenvalue weighted by atomic mass is 28.3. The first-order valence-electron chi connectivity index (χ1n) is 2.60. The molecule has 0 fully saturated rings. The summed E-state index contributed by atoms with van der Waals surface area (Å²) in [4.78, 5) is 0. The summed E-state index contributed by atoms with van der Waals surface area (Å²) in [6, 6.07) is 0. The van der Waals surface area contributed by atoms with Gasteiger partial charge < -0.3 is 0 Å². The molecule has 0 spiro atoms. The first-order chi connectivity index (χ1) is 4.67. The Bertz CT molecular complexity index is 131. The van der Waals surface area contributed by atoms with Crippen LogP contribution in [0.1, 0.15) is 0 Å². The summed E-state index contributed by atoms with van der Waals surface area (Å²) in [6.45, 7) is 2.40. The van der Waals surface area contributed by atoms with Crippen molar-refractivity contribution < 1.29 is 26.4 Å². The maximum absolute atomic E-state index is 11.9. The Morgan fingerprint density at radius 3 is 1.45 bits per heavy atom. The number of rotatable bonds is 2. The van der Waals surface area contributed by atoms with Gasteiger partial charge in [0.25, 0.3) is 0 Å². The normalized spacial score (nSPS) is 13.4. The lowest BCUT2D eigenvalue weighted by Gasteiger charge is -2.14. The maximum atomic E-state index is 11.9. The minimum atomic E-state index is -5.60. The van der Waals surface area contributed by atoms with Crippen LogP contribution in [0.3, 0.4) is 0 Å². The van der Waals surface area contributed by atoms with Crippen LogP contribution in [-0.2, 0) is 4.43 Å². The molecule has 0 radical (unpaired) electrons. The van der Waals surface area contributed by atoms with Gasteiger partial charge in [-0.3, -0.25) is 0 Å². The summed E-state index contributed by atoms with van der Waals surface area (Å²) < 4.78 is 61.2. The predicted molar refractivity (Wildman–Crippen MR) is 29.6 cm³/mol. The number of alkyl halides is 5. The van der Waals surface area contributed by atoms with E-state index in [2.05, 4.69) is 4.43 Å². The van der Waals surface area contributed by atoms with E-state index >= 15 is 0 Å². The minimum absolute atomic E-state index is 1.20. The van der Waals surface area contributed by atoms with Crippen molar-refractivity contribution in [1.29, 1.82) is 0 Å². The van der Waals surface area contributed by atoms with Gasteiger partial charge in [0.15, 0.2) is 0 Å². The Balaban J connectivity index is 4.22. The average molecular weight is 193 g/mol. The lowest BCUT2D eigenvalue weighted by atomic mass is 10.6. The standard InChI is InChI=1S/C4H6F5OSi/c1-11(2)10-4(8,9)3(5,6)7/h1-2H3/q+1. The molecule has 1 nitrogen and oxygen atoms in total. The summed E-state index contributed by atoms with van der Waals surface area (Å²) in [7, 11) is -2.04. The lowest BCUT2D eigenvalue weighted by Crippen LogP contribution is -2.42. The van der Waals surface area contributed by atoms with Crippen molar-refractivity contribution in [1.82, 2.24) is 0 Å². The highest BCUT2D eigenvalue weighted by molar-refractivity contribution is 6.48. The topological polar surface area (TPSA) is 9.23 Å². The van der Waals surface area contributed by atoms with E-state index in [0.29, 0.717) is 0 Å². The van der Waals surface area contributed by atoms with Crippen LogP contribution < -0.4 is 0 Å². The van der Waals surface area contributed by atoms with E-state index in [0.717, 1.165) is 0 Å². The van der Waals surface area contributed by atoms with Crippen molar-refractivity contribution >= 4 is 9.04 Å². The van der Waals surface area contributed by atoms with Gasteiger partial charge in [-0.25, -0.2) is 0 Å². The van der Waals surface area contributed by atoms with E-state index in [-0.39, 0.29) is 0 Å².